The van der Waals surface area contributed by atoms with Crippen LogP contribution in [0.25, 0.3) is 0 Å². The van der Waals surface area contributed by atoms with Crippen LogP contribution in [0.2, 0.25) is 5.02 Å². The molecule has 6 heteroatoms. The molecule has 0 radical (unpaired) electrons. The fourth-order valence-electron chi connectivity index (χ4n) is 2.88. The molecule has 3 rings (SSSR count). The SMILES string of the molecule is Cc1c(C2=NN3CC(O)CC3C2O)ccc(C#N)c1Cl. The molecule has 2 aliphatic heterocycles. The predicted octanol–water partition coefficient (Wildman–Crippen LogP) is 1.03. The van der Waals surface area contributed by atoms with Crippen LogP contribution in [0.4, 0.5) is 0 Å². The number of benzene rings is 1. The van der Waals surface area contributed by atoms with Crippen LogP contribution in [0.1, 0.15) is 23.1 Å². The van der Waals surface area contributed by atoms with Gasteiger partial charge in [0.05, 0.1) is 35.0 Å². The summed E-state index contributed by atoms with van der Waals surface area (Å²) in [6.45, 7) is 2.25. The zero-order chi connectivity index (χ0) is 14.4. The van der Waals surface area contributed by atoms with Gasteiger partial charge < -0.3 is 10.2 Å². The van der Waals surface area contributed by atoms with Crippen LogP contribution in [0.15, 0.2) is 17.2 Å². The highest BCUT2D eigenvalue weighted by molar-refractivity contribution is 6.33. The first-order valence-corrected chi connectivity index (χ1v) is 6.81. The maximum Gasteiger partial charge on any atom is 0.120 e. The van der Waals surface area contributed by atoms with Gasteiger partial charge in [-0.05, 0) is 18.6 Å². The van der Waals surface area contributed by atoms with Gasteiger partial charge in [0.2, 0.25) is 0 Å². The Morgan fingerprint density at radius 2 is 2.20 bits per heavy atom. The van der Waals surface area contributed by atoms with E-state index in [1.807, 2.05) is 13.0 Å². The van der Waals surface area contributed by atoms with Gasteiger partial charge in [-0.3, -0.25) is 5.01 Å². The first-order chi connectivity index (χ1) is 9.52. The molecule has 0 spiro atoms. The topological polar surface area (TPSA) is 79.8 Å². The summed E-state index contributed by atoms with van der Waals surface area (Å²) in [5.74, 6) is 0. The van der Waals surface area contributed by atoms with Crippen LogP contribution in [-0.2, 0) is 0 Å². The first-order valence-electron chi connectivity index (χ1n) is 6.43. The number of nitrogens with zero attached hydrogens (tertiary/aromatic N) is 3. The number of hydrazone groups is 1. The summed E-state index contributed by atoms with van der Waals surface area (Å²) in [5.41, 5.74) is 2.47. The summed E-state index contributed by atoms with van der Waals surface area (Å²) >= 11 is 6.16. The third kappa shape index (κ3) is 1.88. The summed E-state index contributed by atoms with van der Waals surface area (Å²) in [6, 6.07) is 5.26. The van der Waals surface area contributed by atoms with Gasteiger partial charge >= 0.3 is 0 Å². The second kappa shape index (κ2) is 4.74. The van der Waals surface area contributed by atoms with Crippen LogP contribution < -0.4 is 0 Å². The van der Waals surface area contributed by atoms with Gasteiger partial charge in [0, 0.05) is 12.0 Å². The Labute approximate surface area is 121 Å². The van der Waals surface area contributed by atoms with Gasteiger partial charge in [-0.25, -0.2) is 0 Å². The largest absolute Gasteiger partial charge is 0.391 e. The van der Waals surface area contributed by atoms with Crippen LogP contribution in [0.3, 0.4) is 0 Å². The van der Waals surface area contributed by atoms with Crippen LogP contribution in [-0.4, -0.2) is 45.7 Å². The molecule has 0 saturated carbocycles. The molecule has 3 unspecified atom stereocenters. The lowest BCUT2D eigenvalue weighted by molar-refractivity contribution is 0.150. The van der Waals surface area contributed by atoms with E-state index in [2.05, 4.69) is 5.10 Å². The predicted molar refractivity (Wildman–Crippen MR) is 74.6 cm³/mol. The van der Waals surface area contributed by atoms with Crippen molar-refractivity contribution in [3.05, 3.63) is 33.8 Å². The highest BCUT2D eigenvalue weighted by atomic mass is 35.5. The Kier molecular flexibility index (Phi) is 3.17. The molecule has 0 bridgehead atoms. The van der Waals surface area contributed by atoms with E-state index >= 15 is 0 Å². The highest BCUT2D eigenvalue weighted by Gasteiger charge is 2.43. The van der Waals surface area contributed by atoms with E-state index in [9.17, 15) is 10.2 Å². The van der Waals surface area contributed by atoms with E-state index in [0.717, 1.165) is 11.1 Å². The van der Waals surface area contributed by atoms with Crippen molar-refractivity contribution >= 4 is 17.3 Å². The molecule has 1 saturated heterocycles. The van der Waals surface area contributed by atoms with Crippen molar-refractivity contribution < 1.29 is 10.2 Å². The monoisotopic (exact) mass is 291 g/mol. The molecule has 0 aromatic heterocycles. The molecule has 20 heavy (non-hydrogen) atoms. The summed E-state index contributed by atoms with van der Waals surface area (Å²) < 4.78 is 0. The number of rotatable bonds is 1. The van der Waals surface area contributed by atoms with Gasteiger partial charge in [-0.2, -0.15) is 10.4 Å². The molecule has 104 valence electrons. The van der Waals surface area contributed by atoms with Crippen molar-refractivity contribution in [3.8, 4) is 6.07 Å². The van der Waals surface area contributed by atoms with Crippen molar-refractivity contribution in [1.29, 1.82) is 5.26 Å². The second-order valence-corrected chi connectivity index (χ2v) is 5.60. The quantitative estimate of drug-likeness (QED) is 0.810. The molecule has 3 atom stereocenters. The number of hydrogen-bond acceptors (Lipinski definition) is 5. The normalized spacial score (nSPS) is 28.2. The van der Waals surface area contributed by atoms with E-state index in [4.69, 9.17) is 16.9 Å². The molecule has 0 aliphatic carbocycles. The number of fused-ring (bicyclic) bond motifs is 1. The van der Waals surface area contributed by atoms with Crippen molar-refractivity contribution in [2.75, 3.05) is 6.54 Å². The Morgan fingerprint density at radius 3 is 2.85 bits per heavy atom. The molecule has 2 N–H and O–H groups in total. The minimum Gasteiger partial charge on any atom is -0.391 e. The number of aliphatic hydroxyl groups is 2. The van der Waals surface area contributed by atoms with Crippen LogP contribution >= 0.6 is 11.6 Å². The minimum absolute atomic E-state index is 0.172. The average Bonchev–Trinajstić information content (AvgIpc) is 2.92. The Balaban J connectivity index is 2.01. The fraction of sp³-hybridized carbons (Fsp3) is 0.429. The lowest BCUT2D eigenvalue weighted by Gasteiger charge is -2.16. The molecule has 2 aliphatic rings. The first kappa shape index (κ1) is 13.4. The highest BCUT2D eigenvalue weighted by Crippen LogP contribution is 2.32. The van der Waals surface area contributed by atoms with Crippen molar-refractivity contribution in [1.82, 2.24) is 5.01 Å². The number of halogens is 1. The maximum atomic E-state index is 10.4. The third-order valence-electron chi connectivity index (χ3n) is 3.96. The standard InChI is InChI=1S/C14H14ClN3O2/c1-7-10(3-2-8(5-16)12(7)15)13-14(20)11-4-9(19)6-18(11)17-13/h2-3,9,11,14,19-20H,4,6H2,1H3. The van der Waals surface area contributed by atoms with E-state index in [1.165, 1.54) is 0 Å². The molecule has 1 aromatic carbocycles. The molecule has 5 nitrogen and oxygen atoms in total. The van der Waals surface area contributed by atoms with Crippen LogP contribution in [0, 0.1) is 18.3 Å². The molecule has 2 heterocycles. The Bertz CT molecular complexity index is 638. The minimum atomic E-state index is -0.741. The zero-order valence-corrected chi connectivity index (χ0v) is 11.7. The van der Waals surface area contributed by atoms with E-state index in [1.54, 1.807) is 17.1 Å². The lowest BCUT2D eigenvalue weighted by Crippen LogP contribution is -2.33. The summed E-state index contributed by atoms with van der Waals surface area (Å²) in [6.07, 6.45) is -0.669. The lowest BCUT2D eigenvalue weighted by atomic mass is 9.95. The fourth-order valence-corrected chi connectivity index (χ4v) is 3.08. The molecular formula is C14H14ClN3O2. The number of nitriles is 1. The van der Waals surface area contributed by atoms with Gasteiger partial charge in [-0.1, -0.05) is 17.7 Å². The molecular weight excluding hydrogens is 278 g/mol. The molecule has 1 aromatic rings. The Morgan fingerprint density at radius 1 is 1.45 bits per heavy atom. The van der Waals surface area contributed by atoms with Crippen molar-refractivity contribution in [2.24, 2.45) is 5.10 Å². The third-order valence-corrected chi connectivity index (χ3v) is 4.44. The summed E-state index contributed by atoms with van der Waals surface area (Å²) in [4.78, 5) is 0. The number of aliphatic hydroxyl groups excluding tert-OH is 2. The van der Waals surface area contributed by atoms with Crippen LogP contribution in [0.5, 0.6) is 0 Å². The van der Waals surface area contributed by atoms with Gasteiger partial charge in [-0.15, -0.1) is 0 Å². The Hall–Kier alpha value is -1.61. The van der Waals surface area contributed by atoms with Crippen molar-refractivity contribution in [3.63, 3.8) is 0 Å². The second-order valence-electron chi connectivity index (χ2n) is 5.22. The molecule has 0 amide bonds. The van der Waals surface area contributed by atoms with Gasteiger partial charge in [0.15, 0.2) is 0 Å². The smallest absolute Gasteiger partial charge is 0.120 e. The van der Waals surface area contributed by atoms with Crippen molar-refractivity contribution in [2.45, 2.75) is 31.6 Å². The zero-order valence-electron chi connectivity index (χ0n) is 10.9. The summed E-state index contributed by atoms with van der Waals surface area (Å²) in [7, 11) is 0. The van der Waals surface area contributed by atoms with E-state index < -0.39 is 12.2 Å². The molecule has 1 fully saturated rings. The van der Waals surface area contributed by atoms with Gasteiger partial charge in [0.25, 0.3) is 0 Å². The number of hydrogen-bond donors (Lipinski definition) is 2. The average molecular weight is 292 g/mol. The summed E-state index contributed by atoms with van der Waals surface area (Å²) in [5, 5.41) is 35.5. The van der Waals surface area contributed by atoms with E-state index in [-0.39, 0.29) is 6.04 Å². The maximum absolute atomic E-state index is 10.4. The van der Waals surface area contributed by atoms with E-state index in [0.29, 0.717) is 29.3 Å². The van der Waals surface area contributed by atoms with Gasteiger partial charge in [0.1, 0.15) is 12.2 Å².